The molecule has 0 saturated carbocycles. The second-order valence-electron chi connectivity index (χ2n) is 4.63. The van der Waals surface area contributed by atoms with Crippen LogP contribution in [0.1, 0.15) is 26.3 Å². The zero-order chi connectivity index (χ0) is 15.9. The maximum atomic E-state index is 12.8. The van der Waals surface area contributed by atoms with E-state index in [4.69, 9.17) is 0 Å². The zero-order valence-electron chi connectivity index (χ0n) is 13.1. The van der Waals surface area contributed by atoms with Gasteiger partial charge in [0, 0.05) is 5.70 Å². The number of nitrogens with zero attached hydrogens (tertiary/aromatic N) is 1. The van der Waals surface area contributed by atoms with Crippen molar-refractivity contribution >= 4 is 10.0 Å². The molecule has 0 aliphatic carbocycles. The minimum absolute atomic E-state index is 0.307. The predicted molar refractivity (Wildman–Crippen MR) is 88.5 cm³/mol. The molecule has 0 unspecified atom stereocenters. The Morgan fingerprint density at radius 2 is 1.71 bits per heavy atom. The van der Waals surface area contributed by atoms with Crippen LogP contribution in [0.5, 0.6) is 0 Å². The summed E-state index contributed by atoms with van der Waals surface area (Å²) in [5.74, 6) is 0. The Bertz CT molecular complexity index is 638. The Kier molecular flexibility index (Phi) is 6.43. The predicted octanol–water partition coefficient (Wildman–Crippen LogP) is 4.04. The number of hydrogen-bond donors (Lipinski definition) is 0. The Hall–Kier alpha value is -1.81. The fourth-order valence-corrected chi connectivity index (χ4v) is 3.34. The van der Waals surface area contributed by atoms with E-state index in [1.54, 1.807) is 24.3 Å². The first-order valence-electron chi connectivity index (χ1n) is 6.97. The number of sulfonamides is 1. The first-order valence-corrected chi connectivity index (χ1v) is 8.41. The number of hydrogen-bond acceptors (Lipinski definition) is 2. The molecule has 1 aromatic rings. The van der Waals surface area contributed by atoms with Gasteiger partial charge in [0.25, 0.3) is 10.0 Å². The molecule has 0 atom stereocenters. The largest absolute Gasteiger partial charge is 0.264 e. The highest BCUT2D eigenvalue weighted by molar-refractivity contribution is 7.89. The third-order valence-corrected chi connectivity index (χ3v) is 4.85. The summed E-state index contributed by atoms with van der Waals surface area (Å²) in [6.45, 7) is 7.84. The summed E-state index contributed by atoms with van der Waals surface area (Å²) in [4.78, 5) is 0.307. The second kappa shape index (κ2) is 7.84. The summed E-state index contributed by atoms with van der Waals surface area (Å²) in [5, 5.41) is 0. The SMILES string of the molecule is CC=CCN(C(/C=C\C)=C/C)S(=O)(=O)c1ccc(C)cc1. The fraction of sp³-hybridized carbons (Fsp3) is 0.294. The first kappa shape index (κ1) is 17.2. The van der Waals surface area contributed by atoms with E-state index in [-0.39, 0.29) is 0 Å². The third-order valence-electron chi connectivity index (χ3n) is 3.04. The third kappa shape index (κ3) is 4.33. The molecular weight excluding hydrogens is 282 g/mol. The molecule has 3 nitrogen and oxygen atoms in total. The molecule has 21 heavy (non-hydrogen) atoms. The summed E-state index contributed by atoms with van der Waals surface area (Å²) < 4.78 is 27.1. The van der Waals surface area contributed by atoms with Gasteiger partial charge in [-0.05, 0) is 45.9 Å². The minimum Gasteiger partial charge on any atom is -0.263 e. The van der Waals surface area contributed by atoms with Crippen molar-refractivity contribution in [2.24, 2.45) is 0 Å². The molecule has 114 valence electrons. The molecule has 0 radical (unpaired) electrons. The lowest BCUT2D eigenvalue weighted by molar-refractivity contribution is 0.509. The van der Waals surface area contributed by atoms with E-state index in [0.717, 1.165) is 5.56 Å². The smallest absolute Gasteiger partial charge is 0.263 e. The van der Waals surface area contributed by atoms with Gasteiger partial charge < -0.3 is 0 Å². The summed E-state index contributed by atoms with van der Waals surface area (Å²) >= 11 is 0. The average molecular weight is 305 g/mol. The lowest BCUT2D eigenvalue weighted by Gasteiger charge is -2.24. The quantitative estimate of drug-likeness (QED) is 0.587. The van der Waals surface area contributed by atoms with E-state index < -0.39 is 10.0 Å². The molecule has 0 bridgehead atoms. The van der Waals surface area contributed by atoms with E-state index >= 15 is 0 Å². The normalized spacial score (nSPS) is 13.2. The lowest BCUT2D eigenvalue weighted by Crippen LogP contribution is -2.30. The van der Waals surface area contributed by atoms with Gasteiger partial charge in [-0.2, -0.15) is 0 Å². The van der Waals surface area contributed by atoms with Crippen LogP contribution in [0.3, 0.4) is 0 Å². The maximum Gasteiger partial charge on any atom is 0.264 e. The monoisotopic (exact) mass is 305 g/mol. The summed E-state index contributed by atoms with van der Waals surface area (Å²) in [6, 6.07) is 6.92. The van der Waals surface area contributed by atoms with Gasteiger partial charge in [-0.1, -0.05) is 42.0 Å². The molecule has 0 aliphatic heterocycles. The Morgan fingerprint density at radius 3 is 2.19 bits per heavy atom. The van der Waals surface area contributed by atoms with Crippen molar-refractivity contribution in [3.8, 4) is 0 Å². The zero-order valence-corrected chi connectivity index (χ0v) is 13.9. The molecule has 1 rings (SSSR count). The van der Waals surface area contributed by atoms with Gasteiger partial charge in [0.05, 0.1) is 11.4 Å². The van der Waals surface area contributed by atoms with Crippen molar-refractivity contribution < 1.29 is 8.42 Å². The van der Waals surface area contributed by atoms with Crippen molar-refractivity contribution in [3.05, 3.63) is 65.9 Å². The minimum atomic E-state index is -3.56. The van der Waals surface area contributed by atoms with E-state index in [1.807, 2.05) is 58.1 Å². The van der Waals surface area contributed by atoms with Crippen LogP contribution in [0.15, 0.2) is 65.2 Å². The van der Waals surface area contributed by atoms with Crippen LogP contribution >= 0.6 is 0 Å². The molecule has 0 aromatic heterocycles. The highest BCUT2D eigenvalue weighted by atomic mass is 32.2. The van der Waals surface area contributed by atoms with Gasteiger partial charge in [0.15, 0.2) is 0 Å². The Labute approximate surface area is 128 Å². The Morgan fingerprint density at radius 1 is 1.10 bits per heavy atom. The van der Waals surface area contributed by atoms with Gasteiger partial charge in [0.1, 0.15) is 0 Å². The van der Waals surface area contributed by atoms with Crippen molar-refractivity contribution in [1.29, 1.82) is 0 Å². The molecule has 4 heteroatoms. The van der Waals surface area contributed by atoms with E-state index in [1.165, 1.54) is 4.31 Å². The van der Waals surface area contributed by atoms with Crippen molar-refractivity contribution in [2.75, 3.05) is 6.54 Å². The molecule has 0 saturated heterocycles. The van der Waals surface area contributed by atoms with Gasteiger partial charge >= 0.3 is 0 Å². The highest BCUT2D eigenvalue weighted by Crippen LogP contribution is 2.21. The topological polar surface area (TPSA) is 37.4 Å². The molecule has 1 aromatic carbocycles. The average Bonchev–Trinajstić information content (AvgIpc) is 2.46. The van der Waals surface area contributed by atoms with Crippen LogP contribution in [0, 0.1) is 6.92 Å². The van der Waals surface area contributed by atoms with Gasteiger partial charge in [0.2, 0.25) is 0 Å². The van der Waals surface area contributed by atoms with E-state index in [2.05, 4.69) is 0 Å². The summed E-state index contributed by atoms with van der Waals surface area (Å²) in [6.07, 6.45) is 9.12. The lowest BCUT2D eigenvalue weighted by atomic mass is 10.2. The highest BCUT2D eigenvalue weighted by Gasteiger charge is 2.24. The molecule has 0 aliphatic rings. The number of allylic oxidation sites excluding steroid dienone is 4. The molecule has 0 fully saturated rings. The Balaban J connectivity index is 3.32. The van der Waals surface area contributed by atoms with Crippen molar-refractivity contribution in [1.82, 2.24) is 4.31 Å². The van der Waals surface area contributed by atoms with Crippen molar-refractivity contribution in [2.45, 2.75) is 32.6 Å². The molecule has 0 heterocycles. The summed E-state index contributed by atoms with van der Waals surface area (Å²) in [5.41, 5.74) is 1.70. The van der Waals surface area contributed by atoms with Gasteiger partial charge in [-0.3, -0.25) is 4.31 Å². The first-order chi connectivity index (χ1) is 9.97. The van der Waals surface area contributed by atoms with Crippen LogP contribution < -0.4 is 0 Å². The van der Waals surface area contributed by atoms with E-state index in [0.29, 0.717) is 17.1 Å². The molecule has 0 N–H and O–H groups in total. The maximum absolute atomic E-state index is 12.8. The van der Waals surface area contributed by atoms with Crippen LogP contribution in [0.25, 0.3) is 0 Å². The number of benzene rings is 1. The van der Waals surface area contributed by atoms with Crippen LogP contribution in [0.2, 0.25) is 0 Å². The van der Waals surface area contributed by atoms with E-state index in [9.17, 15) is 8.42 Å². The fourth-order valence-electron chi connectivity index (χ4n) is 1.88. The van der Waals surface area contributed by atoms with Crippen molar-refractivity contribution in [3.63, 3.8) is 0 Å². The van der Waals surface area contributed by atoms with Crippen LogP contribution in [-0.2, 0) is 10.0 Å². The number of aryl methyl sites for hydroxylation is 1. The standard InChI is InChI=1S/C17H23NO2S/c1-5-8-14-18(16(7-3)9-6-2)21(19,20)17-12-10-15(4)11-13-17/h5-13H,14H2,1-4H3/b8-5?,9-6-,16-7+. The van der Waals surface area contributed by atoms with Crippen LogP contribution in [-0.4, -0.2) is 19.3 Å². The summed E-state index contributed by atoms with van der Waals surface area (Å²) in [7, 11) is -3.56. The molecular formula is C17H23NO2S. The van der Waals surface area contributed by atoms with Gasteiger partial charge in [-0.25, -0.2) is 8.42 Å². The number of rotatable bonds is 6. The molecule has 0 amide bonds. The van der Waals surface area contributed by atoms with Gasteiger partial charge in [-0.15, -0.1) is 0 Å². The van der Waals surface area contributed by atoms with Crippen LogP contribution in [0.4, 0.5) is 0 Å². The second-order valence-corrected chi connectivity index (χ2v) is 6.49. The molecule has 0 spiro atoms.